The van der Waals surface area contributed by atoms with Crippen molar-refractivity contribution in [2.45, 2.75) is 57.3 Å². The number of nitrogens with zero attached hydrogens (tertiary/aromatic N) is 2. The summed E-state index contributed by atoms with van der Waals surface area (Å²) in [6, 6.07) is 5.25. The molecule has 2 fully saturated rings. The molecule has 9 heteroatoms. The van der Waals surface area contributed by atoms with E-state index < -0.39 is 12.1 Å². The second-order valence-corrected chi connectivity index (χ2v) is 8.98. The van der Waals surface area contributed by atoms with Crippen LogP contribution in [0.5, 0.6) is 5.75 Å². The van der Waals surface area contributed by atoms with E-state index in [-0.39, 0.29) is 25.0 Å². The molecule has 0 bridgehead atoms. The summed E-state index contributed by atoms with van der Waals surface area (Å²) >= 11 is 12.0. The highest BCUT2D eigenvalue weighted by Crippen LogP contribution is 2.36. The first kappa shape index (κ1) is 23.9. The summed E-state index contributed by atoms with van der Waals surface area (Å²) in [7, 11) is 0. The highest BCUT2D eigenvalue weighted by atomic mass is 35.5. The Hall–Kier alpha value is -0.730. The van der Waals surface area contributed by atoms with Crippen LogP contribution in [-0.2, 0) is 0 Å². The van der Waals surface area contributed by atoms with Gasteiger partial charge in [0.25, 0.3) is 0 Å². The average molecular weight is 468 g/mol. The Bertz CT molecular complexity index is 684. The molecule has 0 radical (unpaired) electrons. The molecule has 2 aliphatic heterocycles. The van der Waals surface area contributed by atoms with Gasteiger partial charge >= 0.3 is 6.18 Å². The third kappa shape index (κ3) is 6.63. The van der Waals surface area contributed by atoms with Gasteiger partial charge in [-0.15, -0.1) is 0 Å². The van der Waals surface area contributed by atoms with E-state index in [0.29, 0.717) is 16.6 Å². The van der Waals surface area contributed by atoms with Crippen molar-refractivity contribution in [1.29, 1.82) is 0 Å². The van der Waals surface area contributed by atoms with Gasteiger partial charge in [0, 0.05) is 44.8 Å². The summed E-state index contributed by atoms with van der Waals surface area (Å²) in [5.41, 5.74) is 3.37. The topological polar surface area (TPSA) is 27.7 Å². The number of hydrogen-bond donors (Lipinski definition) is 1. The number of benzene rings is 1. The summed E-state index contributed by atoms with van der Waals surface area (Å²) < 4.78 is 45.1. The van der Waals surface area contributed by atoms with Crippen molar-refractivity contribution < 1.29 is 17.9 Å². The summed E-state index contributed by atoms with van der Waals surface area (Å²) in [5, 5.41) is 3.02. The van der Waals surface area contributed by atoms with E-state index in [0.717, 1.165) is 51.2 Å². The van der Waals surface area contributed by atoms with E-state index in [9.17, 15) is 13.2 Å². The van der Waals surface area contributed by atoms with Crippen LogP contribution in [0.1, 0.15) is 39.0 Å². The predicted molar refractivity (Wildman–Crippen MR) is 114 cm³/mol. The number of nitrogens with one attached hydrogen (secondary N) is 1. The van der Waals surface area contributed by atoms with Crippen LogP contribution in [0.2, 0.25) is 10.0 Å². The fraction of sp³-hybridized carbons (Fsp3) is 0.714. The predicted octanol–water partition coefficient (Wildman–Crippen LogP) is 5.39. The molecule has 4 nitrogen and oxygen atoms in total. The van der Waals surface area contributed by atoms with Gasteiger partial charge in [-0.25, -0.2) is 5.01 Å². The van der Waals surface area contributed by atoms with E-state index in [2.05, 4.69) is 10.3 Å². The lowest BCUT2D eigenvalue weighted by Gasteiger charge is -2.40. The number of hydrazine groups is 1. The van der Waals surface area contributed by atoms with Crippen LogP contribution in [0.3, 0.4) is 0 Å². The van der Waals surface area contributed by atoms with E-state index in [4.69, 9.17) is 27.9 Å². The molecule has 1 aromatic rings. The molecular weight excluding hydrogens is 438 g/mol. The van der Waals surface area contributed by atoms with Crippen LogP contribution >= 0.6 is 23.2 Å². The van der Waals surface area contributed by atoms with Crippen molar-refractivity contribution in [3.8, 4) is 5.75 Å². The number of piperidine rings is 2. The number of rotatable bonds is 7. The van der Waals surface area contributed by atoms with E-state index in [1.54, 1.807) is 12.1 Å². The molecule has 2 unspecified atom stereocenters. The Morgan fingerprint density at radius 3 is 2.47 bits per heavy atom. The second kappa shape index (κ2) is 10.7. The number of halogens is 5. The summed E-state index contributed by atoms with van der Waals surface area (Å²) in [5.74, 6) is -0.438. The number of alkyl halides is 3. The zero-order valence-electron chi connectivity index (χ0n) is 17.2. The van der Waals surface area contributed by atoms with Crippen LogP contribution < -0.4 is 10.2 Å². The van der Waals surface area contributed by atoms with Gasteiger partial charge in [0.15, 0.2) is 0 Å². The fourth-order valence-corrected chi connectivity index (χ4v) is 4.58. The van der Waals surface area contributed by atoms with E-state index >= 15 is 0 Å². The number of likely N-dealkylation sites (tertiary alicyclic amines) is 1. The molecule has 3 rings (SSSR count). The van der Waals surface area contributed by atoms with Gasteiger partial charge < -0.3 is 9.64 Å². The van der Waals surface area contributed by atoms with Crippen LogP contribution in [-0.4, -0.2) is 61.0 Å². The minimum absolute atomic E-state index is 0.0595. The number of ether oxygens (including phenoxy) is 1. The van der Waals surface area contributed by atoms with Gasteiger partial charge in [-0.05, 0) is 44.2 Å². The normalized spacial score (nSPS) is 24.9. The Morgan fingerprint density at radius 1 is 1.10 bits per heavy atom. The smallest absolute Gasteiger partial charge is 0.391 e. The van der Waals surface area contributed by atoms with Gasteiger partial charge in [0.05, 0.1) is 16.0 Å². The van der Waals surface area contributed by atoms with Gasteiger partial charge in [-0.2, -0.15) is 13.2 Å². The van der Waals surface area contributed by atoms with Gasteiger partial charge in [-0.3, -0.25) is 5.43 Å². The Kier molecular flexibility index (Phi) is 8.55. The summed E-state index contributed by atoms with van der Waals surface area (Å²) in [6.07, 6.45) is -1.00. The van der Waals surface area contributed by atoms with Crippen molar-refractivity contribution in [3.05, 3.63) is 28.2 Å². The van der Waals surface area contributed by atoms with Crippen LogP contribution in [0.4, 0.5) is 13.2 Å². The molecule has 1 aromatic carbocycles. The van der Waals surface area contributed by atoms with Crippen molar-refractivity contribution in [2.24, 2.45) is 5.92 Å². The molecule has 170 valence electrons. The van der Waals surface area contributed by atoms with Crippen molar-refractivity contribution in [2.75, 3.05) is 32.7 Å². The minimum Gasteiger partial charge on any atom is -0.490 e. The first-order valence-electron chi connectivity index (χ1n) is 10.7. The Morgan fingerprint density at radius 2 is 1.83 bits per heavy atom. The zero-order chi connectivity index (χ0) is 21.7. The minimum atomic E-state index is -4.08. The zero-order valence-corrected chi connectivity index (χ0v) is 18.7. The summed E-state index contributed by atoms with van der Waals surface area (Å²) in [4.78, 5) is 2.37. The molecule has 2 saturated heterocycles. The fourth-order valence-electron chi connectivity index (χ4n) is 4.29. The highest BCUT2D eigenvalue weighted by Gasteiger charge is 2.43. The maximum Gasteiger partial charge on any atom is 0.391 e. The Balaban J connectivity index is 1.36. The van der Waals surface area contributed by atoms with E-state index in [1.807, 2.05) is 18.0 Å². The quantitative estimate of drug-likeness (QED) is 0.581. The first-order chi connectivity index (χ1) is 14.3. The van der Waals surface area contributed by atoms with Crippen LogP contribution in [0.25, 0.3) is 0 Å². The molecule has 2 atom stereocenters. The third-order valence-electron chi connectivity index (χ3n) is 6.12. The lowest BCUT2D eigenvalue weighted by atomic mass is 9.90. The summed E-state index contributed by atoms with van der Waals surface area (Å²) in [6.45, 7) is 5.88. The molecular formula is C21H30Cl2F3N3O. The van der Waals surface area contributed by atoms with Crippen LogP contribution in [0.15, 0.2) is 18.2 Å². The number of hydrogen-bond acceptors (Lipinski definition) is 4. The Labute approximate surface area is 186 Å². The molecule has 0 spiro atoms. The molecule has 2 aliphatic rings. The first-order valence-corrected chi connectivity index (χ1v) is 11.4. The van der Waals surface area contributed by atoms with E-state index in [1.165, 1.54) is 0 Å². The SMILES string of the molecule is CCC1CC(C(F)(F)F)CCN1NCCN1CCC(Oc2ccc(Cl)c(Cl)c2)CC1. The van der Waals surface area contributed by atoms with Crippen molar-refractivity contribution in [1.82, 2.24) is 15.3 Å². The van der Waals surface area contributed by atoms with Crippen molar-refractivity contribution >= 4 is 23.2 Å². The molecule has 0 saturated carbocycles. The highest BCUT2D eigenvalue weighted by molar-refractivity contribution is 6.42. The maximum atomic E-state index is 13.0. The van der Waals surface area contributed by atoms with Gasteiger partial charge in [0.2, 0.25) is 0 Å². The lowest BCUT2D eigenvalue weighted by molar-refractivity contribution is -0.192. The molecule has 0 aliphatic carbocycles. The molecule has 30 heavy (non-hydrogen) atoms. The standard InChI is InChI=1S/C21H30Cl2F3N3O/c1-2-16-13-15(21(24,25)26)5-11-29(16)27-8-12-28-9-6-17(7-10-28)30-18-3-4-19(22)20(23)14-18/h3-4,14-17,27H,2,5-13H2,1H3. The largest absolute Gasteiger partial charge is 0.490 e. The molecule has 0 amide bonds. The molecule has 2 heterocycles. The van der Waals surface area contributed by atoms with Crippen LogP contribution in [0, 0.1) is 5.92 Å². The van der Waals surface area contributed by atoms with Gasteiger partial charge in [-0.1, -0.05) is 30.1 Å². The molecule has 0 aromatic heterocycles. The maximum absolute atomic E-state index is 13.0. The second-order valence-electron chi connectivity index (χ2n) is 8.16. The lowest BCUT2D eigenvalue weighted by Crippen LogP contribution is -2.53. The van der Waals surface area contributed by atoms with Crippen molar-refractivity contribution in [3.63, 3.8) is 0 Å². The van der Waals surface area contributed by atoms with Gasteiger partial charge in [0.1, 0.15) is 11.9 Å². The average Bonchev–Trinajstić information content (AvgIpc) is 2.71. The third-order valence-corrected chi connectivity index (χ3v) is 6.86. The molecule has 1 N–H and O–H groups in total. The monoisotopic (exact) mass is 467 g/mol.